The zero-order valence-corrected chi connectivity index (χ0v) is 15.5. The maximum absolute atomic E-state index is 11.9. The van der Waals surface area contributed by atoms with Gasteiger partial charge in [0, 0.05) is 10.5 Å². The molecule has 2 aromatic carbocycles. The molecule has 0 aliphatic heterocycles. The summed E-state index contributed by atoms with van der Waals surface area (Å²) in [5, 5.41) is 8.89. The van der Waals surface area contributed by atoms with Gasteiger partial charge in [0.05, 0.1) is 12.1 Å². The van der Waals surface area contributed by atoms with Crippen molar-refractivity contribution >= 4 is 39.6 Å². The number of halogens is 2. The Morgan fingerprint density at radius 2 is 2.00 bits per heavy atom. The maximum Gasteiger partial charge on any atom is 0.336 e. The molecular weight excluding hydrogens is 410 g/mol. The number of rotatable bonds is 6. The van der Waals surface area contributed by atoms with E-state index in [2.05, 4.69) is 15.9 Å². The smallest absolute Gasteiger partial charge is 0.336 e. The summed E-state index contributed by atoms with van der Waals surface area (Å²) in [6.45, 7) is -0.0776. The predicted octanol–water partition coefficient (Wildman–Crippen LogP) is 4.63. The van der Waals surface area contributed by atoms with Gasteiger partial charge in [0.1, 0.15) is 11.8 Å². The highest BCUT2D eigenvalue weighted by Crippen LogP contribution is 2.29. The van der Waals surface area contributed by atoms with Gasteiger partial charge in [0.2, 0.25) is 0 Å². The van der Waals surface area contributed by atoms with Crippen molar-refractivity contribution in [3.8, 4) is 23.3 Å². The van der Waals surface area contributed by atoms with Gasteiger partial charge in [-0.05, 0) is 42.0 Å². The van der Waals surface area contributed by atoms with Crippen LogP contribution in [0.3, 0.4) is 0 Å². The first-order chi connectivity index (χ1) is 12.0. The quantitative estimate of drug-likeness (QED) is 0.386. The molecule has 0 atom stereocenters. The zero-order chi connectivity index (χ0) is 18.2. The van der Waals surface area contributed by atoms with Gasteiger partial charge in [-0.2, -0.15) is 5.26 Å². The monoisotopic (exact) mass is 421 g/mol. The van der Waals surface area contributed by atoms with Crippen molar-refractivity contribution in [2.45, 2.75) is 0 Å². The number of methoxy groups -OCH3 is 1. The van der Waals surface area contributed by atoms with Crippen LogP contribution in [0.5, 0.6) is 17.2 Å². The fourth-order valence-electron chi connectivity index (χ4n) is 1.88. The normalized spacial score (nSPS) is 10.3. The van der Waals surface area contributed by atoms with Crippen molar-refractivity contribution in [1.29, 1.82) is 5.26 Å². The number of esters is 1. The number of hydrogen-bond acceptors (Lipinski definition) is 5. The second-order valence-electron chi connectivity index (χ2n) is 4.69. The molecule has 0 saturated carbocycles. The third-order valence-corrected chi connectivity index (χ3v) is 3.78. The van der Waals surface area contributed by atoms with E-state index >= 15 is 0 Å². The van der Waals surface area contributed by atoms with E-state index in [1.54, 1.807) is 42.5 Å². The standard InChI is InChI=1S/C18H13BrClNO4/c1-23-17-10-12(2-5-16(17)24-9-8-21)3-7-18(22)25-15-6-4-13(19)11-14(15)20/h2-7,10-11H,9H2,1H3/b7-3+. The SMILES string of the molecule is COc1cc(/C=C/C(=O)Oc2ccc(Br)cc2Cl)ccc1OCC#N. The summed E-state index contributed by atoms with van der Waals surface area (Å²) < 4.78 is 16.4. The predicted molar refractivity (Wildman–Crippen MR) is 97.9 cm³/mol. The fraction of sp³-hybridized carbons (Fsp3) is 0.111. The fourth-order valence-corrected chi connectivity index (χ4v) is 2.59. The third-order valence-electron chi connectivity index (χ3n) is 3.00. The summed E-state index contributed by atoms with van der Waals surface area (Å²) in [6.07, 6.45) is 2.86. The first-order valence-electron chi connectivity index (χ1n) is 7.06. The van der Waals surface area contributed by atoms with Gasteiger partial charge in [-0.3, -0.25) is 0 Å². The molecule has 2 aromatic rings. The first-order valence-corrected chi connectivity index (χ1v) is 8.23. The lowest BCUT2D eigenvalue weighted by molar-refractivity contribution is -0.128. The molecule has 7 heteroatoms. The van der Waals surface area contributed by atoms with Crippen LogP contribution in [0.1, 0.15) is 5.56 Å². The summed E-state index contributed by atoms with van der Waals surface area (Å²) in [7, 11) is 1.49. The number of benzene rings is 2. The first kappa shape index (κ1) is 18.8. The van der Waals surface area contributed by atoms with E-state index in [1.807, 2.05) is 6.07 Å². The van der Waals surface area contributed by atoms with Gasteiger partial charge in [0.25, 0.3) is 0 Å². The van der Waals surface area contributed by atoms with Crippen molar-refractivity contribution in [3.63, 3.8) is 0 Å². The molecule has 2 rings (SSSR count). The van der Waals surface area contributed by atoms with Crippen molar-refractivity contribution in [2.75, 3.05) is 13.7 Å². The van der Waals surface area contributed by atoms with E-state index in [1.165, 1.54) is 13.2 Å². The molecule has 0 spiro atoms. The number of nitrogens with zero attached hydrogens (tertiary/aromatic N) is 1. The van der Waals surface area contributed by atoms with Gasteiger partial charge in [-0.1, -0.05) is 33.6 Å². The number of carbonyl (C=O) groups is 1. The summed E-state index contributed by atoms with van der Waals surface area (Å²) in [5.41, 5.74) is 0.708. The summed E-state index contributed by atoms with van der Waals surface area (Å²) in [6, 6.07) is 11.9. The van der Waals surface area contributed by atoms with Crippen LogP contribution in [0.15, 0.2) is 46.9 Å². The van der Waals surface area contributed by atoms with Crippen LogP contribution >= 0.6 is 27.5 Å². The van der Waals surface area contributed by atoms with Crippen LogP contribution in [0, 0.1) is 11.3 Å². The molecule has 0 aromatic heterocycles. The molecule has 0 aliphatic rings. The Morgan fingerprint density at radius 1 is 1.24 bits per heavy atom. The highest BCUT2D eigenvalue weighted by atomic mass is 79.9. The van der Waals surface area contributed by atoms with Gasteiger partial charge in [-0.15, -0.1) is 0 Å². The Kier molecular flexibility index (Phi) is 6.87. The van der Waals surface area contributed by atoms with Gasteiger partial charge in [0.15, 0.2) is 18.1 Å². The summed E-state index contributed by atoms with van der Waals surface area (Å²) >= 11 is 9.28. The minimum Gasteiger partial charge on any atom is -0.493 e. The molecule has 0 unspecified atom stereocenters. The zero-order valence-electron chi connectivity index (χ0n) is 13.2. The lowest BCUT2D eigenvalue weighted by Gasteiger charge is -2.08. The van der Waals surface area contributed by atoms with E-state index in [0.29, 0.717) is 22.1 Å². The third kappa shape index (κ3) is 5.52. The number of nitriles is 1. The Balaban J connectivity index is 2.07. The second kappa shape index (κ2) is 9.11. The van der Waals surface area contributed by atoms with E-state index < -0.39 is 5.97 Å². The molecule has 0 heterocycles. The molecular formula is C18H13BrClNO4. The van der Waals surface area contributed by atoms with Crippen molar-refractivity contribution in [1.82, 2.24) is 0 Å². The molecule has 0 saturated heterocycles. The Morgan fingerprint density at radius 3 is 2.68 bits per heavy atom. The number of carbonyl (C=O) groups excluding carboxylic acids is 1. The Labute approximate surface area is 158 Å². The van der Waals surface area contributed by atoms with Crippen LogP contribution in [0.2, 0.25) is 5.02 Å². The van der Waals surface area contributed by atoms with Crippen LogP contribution in [0.4, 0.5) is 0 Å². The summed E-state index contributed by atoms with van der Waals surface area (Å²) in [5.74, 6) is 0.623. The van der Waals surface area contributed by atoms with Crippen LogP contribution in [-0.4, -0.2) is 19.7 Å². The minimum absolute atomic E-state index is 0.0776. The van der Waals surface area contributed by atoms with E-state index in [4.69, 9.17) is 31.1 Å². The van der Waals surface area contributed by atoms with Crippen LogP contribution < -0.4 is 14.2 Å². The van der Waals surface area contributed by atoms with Crippen molar-refractivity contribution < 1.29 is 19.0 Å². The molecule has 128 valence electrons. The molecule has 0 aliphatic carbocycles. The van der Waals surface area contributed by atoms with E-state index in [0.717, 1.165) is 4.47 Å². The average Bonchev–Trinajstić information content (AvgIpc) is 2.60. The summed E-state index contributed by atoms with van der Waals surface area (Å²) in [4.78, 5) is 11.9. The molecule has 0 radical (unpaired) electrons. The van der Waals surface area contributed by atoms with Crippen LogP contribution in [-0.2, 0) is 4.79 Å². The minimum atomic E-state index is -0.562. The number of hydrogen-bond donors (Lipinski definition) is 0. The van der Waals surface area contributed by atoms with Crippen molar-refractivity contribution in [3.05, 3.63) is 57.5 Å². The highest BCUT2D eigenvalue weighted by Gasteiger charge is 2.07. The van der Waals surface area contributed by atoms with Gasteiger partial charge < -0.3 is 14.2 Å². The maximum atomic E-state index is 11.9. The molecule has 0 amide bonds. The lowest BCUT2D eigenvalue weighted by atomic mass is 10.2. The highest BCUT2D eigenvalue weighted by molar-refractivity contribution is 9.10. The largest absolute Gasteiger partial charge is 0.493 e. The molecule has 0 fully saturated rings. The molecule has 5 nitrogen and oxygen atoms in total. The average molecular weight is 423 g/mol. The van der Waals surface area contributed by atoms with Crippen LogP contribution in [0.25, 0.3) is 6.08 Å². The molecule has 25 heavy (non-hydrogen) atoms. The topological polar surface area (TPSA) is 68.6 Å². The van der Waals surface area contributed by atoms with E-state index in [-0.39, 0.29) is 12.4 Å². The number of ether oxygens (including phenoxy) is 3. The molecule has 0 N–H and O–H groups in total. The lowest BCUT2D eigenvalue weighted by Crippen LogP contribution is -2.04. The molecule has 0 bridgehead atoms. The van der Waals surface area contributed by atoms with Gasteiger partial charge >= 0.3 is 5.97 Å². The Hall–Kier alpha value is -2.49. The Bertz CT molecular complexity index is 845. The van der Waals surface area contributed by atoms with Crippen molar-refractivity contribution in [2.24, 2.45) is 0 Å². The van der Waals surface area contributed by atoms with Gasteiger partial charge in [-0.25, -0.2) is 4.79 Å². The van der Waals surface area contributed by atoms with E-state index in [9.17, 15) is 4.79 Å². The second-order valence-corrected chi connectivity index (χ2v) is 6.01.